The Bertz CT molecular complexity index is 292. The molecule has 0 radical (unpaired) electrons. The minimum absolute atomic E-state index is 0.0802. The molecule has 0 aliphatic heterocycles. The van der Waals surface area contributed by atoms with Gasteiger partial charge in [-0.3, -0.25) is 0 Å². The SMILES string of the molecule is C#CCOC(C)c1ccc(C)cc1. The van der Waals surface area contributed by atoms with Gasteiger partial charge in [-0.25, -0.2) is 0 Å². The first-order chi connectivity index (χ1) is 6.24. The van der Waals surface area contributed by atoms with E-state index < -0.39 is 0 Å². The number of hydrogen-bond acceptors (Lipinski definition) is 1. The Labute approximate surface area is 79.7 Å². The van der Waals surface area contributed by atoms with Crippen LogP contribution < -0.4 is 0 Å². The van der Waals surface area contributed by atoms with Crippen LogP contribution >= 0.6 is 0 Å². The Morgan fingerprint density at radius 2 is 2.00 bits per heavy atom. The van der Waals surface area contributed by atoms with Crippen LogP contribution in [0.1, 0.15) is 24.2 Å². The average Bonchev–Trinajstić information content (AvgIpc) is 2.15. The van der Waals surface area contributed by atoms with Crippen molar-refractivity contribution in [1.82, 2.24) is 0 Å². The zero-order valence-corrected chi connectivity index (χ0v) is 8.08. The molecule has 0 spiro atoms. The Hall–Kier alpha value is -1.26. The molecular weight excluding hydrogens is 160 g/mol. The van der Waals surface area contributed by atoms with Crippen LogP contribution in [-0.2, 0) is 4.74 Å². The lowest BCUT2D eigenvalue weighted by molar-refractivity contribution is 0.0926. The van der Waals surface area contributed by atoms with E-state index in [1.165, 1.54) is 11.1 Å². The highest BCUT2D eigenvalue weighted by molar-refractivity contribution is 5.22. The second-order valence-corrected chi connectivity index (χ2v) is 3.07. The van der Waals surface area contributed by atoms with Crippen LogP contribution in [0.3, 0.4) is 0 Å². The largest absolute Gasteiger partial charge is 0.361 e. The van der Waals surface area contributed by atoms with Crippen molar-refractivity contribution in [3.05, 3.63) is 35.4 Å². The number of ether oxygens (including phenoxy) is 1. The second-order valence-electron chi connectivity index (χ2n) is 3.07. The molecule has 0 heterocycles. The van der Waals surface area contributed by atoms with Gasteiger partial charge in [0.2, 0.25) is 0 Å². The predicted octanol–water partition coefficient (Wildman–Crippen LogP) is 2.71. The molecule has 1 atom stereocenters. The molecule has 0 fully saturated rings. The Morgan fingerprint density at radius 1 is 1.38 bits per heavy atom. The Balaban J connectivity index is 2.62. The average molecular weight is 174 g/mol. The molecular formula is C12H14O. The Kier molecular flexibility index (Phi) is 3.54. The minimum atomic E-state index is 0.0802. The van der Waals surface area contributed by atoms with Crippen LogP contribution in [-0.4, -0.2) is 6.61 Å². The van der Waals surface area contributed by atoms with Gasteiger partial charge in [-0.15, -0.1) is 6.42 Å². The molecule has 1 nitrogen and oxygen atoms in total. The molecule has 0 bridgehead atoms. The van der Waals surface area contributed by atoms with Crippen molar-refractivity contribution < 1.29 is 4.74 Å². The molecule has 0 aliphatic carbocycles. The summed E-state index contributed by atoms with van der Waals surface area (Å²) < 4.78 is 5.38. The molecule has 0 aromatic heterocycles. The highest BCUT2D eigenvalue weighted by Crippen LogP contribution is 2.16. The molecule has 68 valence electrons. The van der Waals surface area contributed by atoms with E-state index in [4.69, 9.17) is 11.2 Å². The molecule has 0 aliphatic rings. The molecule has 1 aromatic carbocycles. The van der Waals surface area contributed by atoms with E-state index in [1.807, 2.05) is 6.92 Å². The van der Waals surface area contributed by atoms with Gasteiger partial charge in [0, 0.05) is 0 Å². The van der Waals surface area contributed by atoms with Crippen LogP contribution in [0.25, 0.3) is 0 Å². The number of terminal acetylenes is 1. The standard InChI is InChI=1S/C12H14O/c1-4-9-13-11(3)12-7-5-10(2)6-8-12/h1,5-8,11H,9H2,2-3H3. The number of rotatable bonds is 3. The molecule has 0 amide bonds. The fraction of sp³-hybridized carbons (Fsp3) is 0.333. The first-order valence-electron chi connectivity index (χ1n) is 4.35. The van der Waals surface area contributed by atoms with Crippen molar-refractivity contribution in [2.45, 2.75) is 20.0 Å². The normalized spacial score (nSPS) is 12.1. The number of aryl methyl sites for hydroxylation is 1. The lowest BCUT2D eigenvalue weighted by Gasteiger charge is -2.11. The van der Waals surface area contributed by atoms with Crippen molar-refractivity contribution in [2.75, 3.05) is 6.61 Å². The highest BCUT2D eigenvalue weighted by atomic mass is 16.5. The Morgan fingerprint density at radius 3 is 2.54 bits per heavy atom. The maximum Gasteiger partial charge on any atom is 0.108 e. The van der Waals surface area contributed by atoms with Gasteiger partial charge in [-0.1, -0.05) is 35.7 Å². The molecule has 0 saturated carbocycles. The first kappa shape index (κ1) is 9.83. The van der Waals surface area contributed by atoms with E-state index in [-0.39, 0.29) is 6.10 Å². The van der Waals surface area contributed by atoms with E-state index in [0.29, 0.717) is 6.61 Å². The number of benzene rings is 1. The van der Waals surface area contributed by atoms with Gasteiger partial charge in [0.25, 0.3) is 0 Å². The summed E-state index contributed by atoms with van der Waals surface area (Å²) in [4.78, 5) is 0. The van der Waals surface area contributed by atoms with Gasteiger partial charge in [-0.2, -0.15) is 0 Å². The van der Waals surface area contributed by atoms with Crippen molar-refractivity contribution in [3.8, 4) is 12.3 Å². The molecule has 0 saturated heterocycles. The lowest BCUT2D eigenvalue weighted by Crippen LogP contribution is -1.99. The minimum Gasteiger partial charge on any atom is -0.361 e. The van der Waals surface area contributed by atoms with Crippen LogP contribution in [0, 0.1) is 19.3 Å². The lowest BCUT2D eigenvalue weighted by atomic mass is 10.1. The summed E-state index contributed by atoms with van der Waals surface area (Å²) in [7, 11) is 0. The summed E-state index contributed by atoms with van der Waals surface area (Å²) in [5, 5.41) is 0. The number of hydrogen-bond donors (Lipinski definition) is 0. The molecule has 1 rings (SSSR count). The van der Waals surface area contributed by atoms with Gasteiger partial charge in [-0.05, 0) is 19.4 Å². The van der Waals surface area contributed by atoms with Gasteiger partial charge in [0.05, 0.1) is 6.10 Å². The van der Waals surface area contributed by atoms with Crippen molar-refractivity contribution >= 4 is 0 Å². The van der Waals surface area contributed by atoms with Crippen LogP contribution in [0.2, 0.25) is 0 Å². The van der Waals surface area contributed by atoms with E-state index >= 15 is 0 Å². The first-order valence-corrected chi connectivity index (χ1v) is 4.35. The maximum atomic E-state index is 5.38. The monoisotopic (exact) mass is 174 g/mol. The summed E-state index contributed by atoms with van der Waals surface area (Å²) in [5.74, 6) is 2.46. The maximum absolute atomic E-state index is 5.38. The summed E-state index contributed by atoms with van der Waals surface area (Å²) in [6.07, 6.45) is 5.18. The summed E-state index contributed by atoms with van der Waals surface area (Å²) in [6, 6.07) is 8.28. The fourth-order valence-corrected chi connectivity index (χ4v) is 1.11. The summed E-state index contributed by atoms with van der Waals surface area (Å²) in [6.45, 7) is 4.44. The third kappa shape index (κ3) is 2.93. The van der Waals surface area contributed by atoms with E-state index in [0.717, 1.165) is 0 Å². The second kappa shape index (κ2) is 4.69. The van der Waals surface area contributed by atoms with E-state index in [9.17, 15) is 0 Å². The summed E-state index contributed by atoms with van der Waals surface area (Å²) >= 11 is 0. The quantitative estimate of drug-likeness (QED) is 0.640. The fourth-order valence-electron chi connectivity index (χ4n) is 1.11. The summed E-state index contributed by atoms with van der Waals surface area (Å²) in [5.41, 5.74) is 2.42. The molecule has 1 unspecified atom stereocenters. The van der Waals surface area contributed by atoms with Crippen LogP contribution in [0.15, 0.2) is 24.3 Å². The topological polar surface area (TPSA) is 9.23 Å². The van der Waals surface area contributed by atoms with Gasteiger partial charge >= 0.3 is 0 Å². The van der Waals surface area contributed by atoms with Crippen molar-refractivity contribution in [2.24, 2.45) is 0 Å². The third-order valence-corrected chi connectivity index (χ3v) is 1.96. The third-order valence-electron chi connectivity index (χ3n) is 1.96. The molecule has 0 N–H and O–H groups in total. The smallest absolute Gasteiger partial charge is 0.108 e. The van der Waals surface area contributed by atoms with Crippen LogP contribution in [0.5, 0.6) is 0 Å². The zero-order chi connectivity index (χ0) is 9.68. The highest BCUT2D eigenvalue weighted by Gasteiger charge is 2.03. The molecule has 1 aromatic rings. The predicted molar refractivity (Wildman–Crippen MR) is 54.4 cm³/mol. The van der Waals surface area contributed by atoms with Crippen molar-refractivity contribution in [3.63, 3.8) is 0 Å². The van der Waals surface area contributed by atoms with Crippen LogP contribution in [0.4, 0.5) is 0 Å². The van der Waals surface area contributed by atoms with Gasteiger partial charge in [0.1, 0.15) is 6.61 Å². The molecule has 13 heavy (non-hydrogen) atoms. The van der Waals surface area contributed by atoms with Gasteiger partial charge < -0.3 is 4.74 Å². The zero-order valence-electron chi connectivity index (χ0n) is 8.08. The van der Waals surface area contributed by atoms with E-state index in [1.54, 1.807) is 0 Å². The molecule has 1 heteroatoms. The van der Waals surface area contributed by atoms with Crippen molar-refractivity contribution in [1.29, 1.82) is 0 Å². The van der Waals surface area contributed by atoms with E-state index in [2.05, 4.69) is 37.1 Å². The van der Waals surface area contributed by atoms with Gasteiger partial charge in [0.15, 0.2) is 0 Å².